The second-order valence-corrected chi connectivity index (χ2v) is 7.82. The van der Waals surface area contributed by atoms with Crippen LogP contribution in [-0.4, -0.2) is 65.9 Å². The highest BCUT2D eigenvalue weighted by Gasteiger charge is 2.32. The van der Waals surface area contributed by atoms with Gasteiger partial charge >= 0.3 is 0 Å². The van der Waals surface area contributed by atoms with Gasteiger partial charge in [0, 0.05) is 45.2 Å². The Bertz CT molecular complexity index is 996. The predicted octanol–water partition coefficient (Wildman–Crippen LogP) is 2.62. The van der Waals surface area contributed by atoms with E-state index >= 15 is 0 Å². The molecule has 0 radical (unpaired) electrons. The Labute approximate surface area is 174 Å². The number of piperidine rings is 1. The van der Waals surface area contributed by atoms with Crippen LogP contribution < -0.4 is 4.90 Å². The number of benzene rings is 1. The summed E-state index contributed by atoms with van der Waals surface area (Å²) >= 11 is 0. The van der Waals surface area contributed by atoms with Gasteiger partial charge in [-0.15, -0.1) is 0 Å². The van der Waals surface area contributed by atoms with Crippen molar-refractivity contribution < 1.29 is 18.4 Å². The number of para-hydroxylation sites is 2. The second kappa shape index (κ2) is 7.85. The summed E-state index contributed by atoms with van der Waals surface area (Å²) in [6.07, 6.45) is 3.06. The molecule has 3 aromatic rings. The lowest BCUT2D eigenvalue weighted by Gasteiger charge is -2.38. The Morgan fingerprint density at radius 3 is 2.33 bits per heavy atom. The van der Waals surface area contributed by atoms with Gasteiger partial charge in [0.2, 0.25) is 5.91 Å². The van der Waals surface area contributed by atoms with E-state index in [2.05, 4.69) is 9.88 Å². The van der Waals surface area contributed by atoms with Crippen LogP contribution in [0.2, 0.25) is 0 Å². The van der Waals surface area contributed by atoms with Gasteiger partial charge in [-0.05, 0) is 37.1 Å². The third-order valence-electron chi connectivity index (χ3n) is 6.01. The normalized spacial score (nSPS) is 18.2. The number of aromatic nitrogens is 1. The fourth-order valence-electron chi connectivity index (χ4n) is 4.26. The number of anilines is 1. The maximum absolute atomic E-state index is 13.0. The Morgan fingerprint density at radius 1 is 0.900 bits per heavy atom. The molecule has 8 nitrogen and oxygen atoms in total. The number of carbonyl (C=O) groups is 2. The van der Waals surface area contributed by atoms with Crippen molar-refractivity contribution in [2.75, 3.05) is 44.2 Å². The van der Waals surface area contributed by atoms with Gasteiger partial charge < -0.3 is 23.5 Å². The smallest absolute Gasteiger partial charge is 0.298 e. The predicted molar refractivity (Wildman–Crippen MR) is 110 cm³/mol. The number of hydrogen-bond acceptors (Lipinski definition) is 6. The SMILES string of the molecule is O=C(c1ccco1)N1CCN(C(=O)C2CCN(c3nc4ccccc4o3)CC2)CC1. The Balaban J connectivity index is 1.14. The highest BCUT2D eigenvalue weighted by molar-refractivity contribution is 5.91. The Morgan fingerprint density at radius 2 is 1.63 bits per heavy atom. The van der Waals surface area contributed by atoms with E-state index in [4.69, 9.17) is 8.83 Å². The topological polar surface area (TPSA) is 83.0 Å². The molecule has 2 aromatic heterocycles. The molecule has 0 aliphatic carbocycles. The maximum Gasteiger partial charge on any atom is 0.298 e. The van der Waals surface area contributed by atoms with Crippen molar-refractivity contribution in [2.45, 2.75) is 12.8 Å². The zero-order valence-electron chi connectivity index (χ0n) is 16.7. The molecular weight excluding hydrogens is 384 g/mol. The molecule has 0 bridgehead atoms. The number of piperazine rings is 1. The summed E-state index contributed by atoms with van der Waals surface area (Å²) in [6.45, 7) is 3.70. The van der Waals surface area contributed by atoms with Crippen molar-refractivity contribution in [2.24, 2.45) is 5.92 Å². The lowest BCUT2D eigenvalue weighted by molar-refractivity contribution is -0.137. The summed E-state index contributed by atoms with van der Waals surface area (Å²) in [6, 6.07) is 11.7. The first kappa shape index (κ1) is 18.7. The molecule has 4 heterocycles. The van der Waals surface area contributed by atoms with Crippen LogP contribution in [-0.2, 0) is 4.79 Å². The van der Waals surface area contributed by atoms with Crippen molar-refractivity contribution in [3.8, 4) is 0 Å². The van der Waals surface area contributed by atoms with Gasteiger partial charge in [0.25, 0.3) is 11.9 Å². The zero-order valence-corrected chi connectivity index (χ0v) is 16.7. The molecule has 0 atom stereocenters. The van der Waals surface area contributed by atoms with Crippen molar-refractivity contribution >= 4 is 28.9 Å². The molecule has 2 fully saturated rings. The largest absolute Gasteiger partial charge is 0.459 e. The van der Waals surface area contributed by atoms with Crippen LogP contribution in [0.5, 0.6) is 0 Å². The summed E-state index contributed by atoms with van der Waals surface area (Å²) < 4.78 is 11.1. The van der Waals surface area contributed by atoms with Crippen molar-refractivity contribution in [1.29, 1.82) is 0 Å². The quantitative estimate of drug-likeness (QED) is 0.663. The number of amides is 2. The first-order chi connectivity index (χ1) is 14.7. The summed E-state index contributed by atoms with van der Waals surface area (Å²) in [4.78, 5) is 35.7. The standard InChI is InChI=1S/C22H24N4O4/c27-20(24-11-13-25(14-12-24)21(28)19-6-3-15-29-19)16-7-9-26(10-8-16)22-23-17-4-1-2-5-18(17)30-22/h1-6,15-16H,7-14H2. The molecule has 156 valence electrons. The number of nitrogens with zero attached hydrogens (tertiary/aromatic N) is 4. The van der Waals surface area contributed by atoms with E-state index in [0.717, 1.165) is 37.0 Å². The van der Waals surface area contributed by atoms with Crippen LogP contribution in [0.3, 0.4) is 0 Å². The molecule has 2 saturated heterocycles. The van der Waals surface area contributed by atoms with Gasteiger partial charge in [0.1, 0.15) is 5.52 Å². The van der Waals surface area contributed by atoms with Crippen LogP contribution in [0.1, 0.15) is 23.4 Å². The summed E-state index contributed by atoms with van der Waals surface area (Å²) in [7, 11) is 0. The average molecular weight is 408 g/mol. The highest BCUT2D eigenvalue weighted by atomic mass is 16.4. The van der Waals surface area contributed by atoms with Gasteiger partial charge in [0.15, 0.2) is 11.3 Å². The Kier molecular flexibility index (Phi) is 4.90. The van der Waals surface area contributed by atoms with Gasteiger partial charge in [-0.1, -0.05) is 12.1 Å². The van der Waals surface area contributed by atoms with Crippen LogP contribution >= 0.6 is 0 Å². The van der Waals surface area contributed by atoms with E-state index in [9.17, 15) is 9.59 Å². The molecule has 0 saturated carbocycles. The molecule has 5 rings (SSSR count). The minimum absolute atomic E-state index is 0.0120. The minimum atomic E-state index is -0.112. The fraction of sp³-hybridized carbons (Fsp3) is 0.409. The molecular formula is C22H24N4O4. The number of oxazole rings is 1. The molecule has 2 aliphatic rings. The highest BCUT2D eigenvalue weighted by Crippen LogP contribution is 2.27. The molecule has 30 heavy (non-hydrogen) atoms. The third-order valence-corrected chi connectivity index (χ3v) is 6.01. The van der Waals surface area contributed by atoms with E-state index in [0.29, 0.717) is 38.0 Å². The van der Waals surface area contributed by atoms with Gasteiger partial charge in [-0.3, -0.25) is 9.59 Å². The summed E-state index contributed by atoms with van der Waals surface area (Å²) in [5.41, 5.74) is 1.64. The number of fused-ring (bicyclic) bond motifs is 1. The van der Waals surface area contributed by atoms with Gasteiger partial charge in [0.05, 0.1) is 6.26 Å². The molecule has 2 aliphatic heterocycles. The maximum atomic E-state index is 13.0. The molecule has 0 spiro atoms. The van der Waals surface area contributed by atoms with Crippen molar-refractivity contribution in [3.05, 3.63) is 48.4 Å². The van der Waals surface area contributed by atoms with E-state index < -0.39 is 0 Å². The lowest BCUT2D eigenvalue weighted by Crippen LogP contribution is -2.53. The minimum Gasteiger partial charge on any atom is -0.459 e. The van der Waals surface area contributed by atoms with Crippen LogP contribution in [0.25, 0.3) is 11.1 Å². The molecule has 1 aromatic carbocycles. The van der Waals surface area contributed by atoms with E-state index in [1.54, 1.807) is 17.0 Å². The van der Waals surface area contributed by atoms with Gasteiger partial charge in [-0.2, -0.15) is 4.98 Å². The number of hydrogen-bond donors (Lipinski definition) is 0. The van der Waals surface area contributed by atoms with Crippen LogP contribution in [0.4, 0.5) is 6.01 Å². The second-order valence-electron chi connectivity index (χ2n) is 7.82. The van der Waals surface area contributed by atoms with Crippen molar-refractivity contribution in [1.82, 2.24) is 14.8 Å². The third kappa shape index (κ3) is 3.53. The molecule has 8 heteroatoms. The van der Waals surface area contributed by atoms with Crippen LogP contribution in [0.15, 0.2) is 51.5 Å². The Hall–Kier alpha value is -3.29. The van der Waals surface area contributed by atoms with Gasteiger partial charge in [-0.25, -0.2) is 0 Å². The van der Waals surface area contributed by atoms with Crippen molar-refractivity contribution in [3.63, 3.8) is 0 Å². The lowest BCUT2D eigenvalue weighted by atomic mass is 9.95. The monoisotopic (exact) mass is 408 g/mol. The average Bonchev–Trinajstić information content (AvgIpc) is 3.48. The number of rotatable bonds is 3. The molecule has 2 amide bonds. The van der Waals surface area contributed by atoms with E-state index in [-0.39, 0.29) is 17.7 Å². The fourth-order valence-corrected chi connectivity index (χ4v) is 4.26. The van der Waals surface area contributed by atoms with E-state index in [1.807, 2.05) is 29.2 Å². The summed E-state index contributed by atoms with van der Waals surface area (Å²) in [5, 5.41) is 0. The molecule has 0 N–H and O–H groups in total. The number of furan rings is 1. The first-order valence-corrected chi connectivity index (χ1v) is 10.4. The molecule has 0 unspecified atom stereocenters. The zero-order chi connectivity index (χ0) is 20.5. The first-order valence-electron chi connectivity index (χ1n) is 10.4. The van der Waals surface area contributed by atoms with Crippen LogP contribution in [0, 0.1) is 5.92 Å². The summed E-state index contributed by atoms with van der Waals surface area (Å²) in [5.74, 6) is 0.440. The number of carbonyl (C=O) groups excluding carboxylic acids is 2. The van der Waals surface area contributed by atoms with E-state index in [1.165, 1.54) is 6.26 Å².